The van der Waals surface area contributed by atoms with Crippen molar-refractivity contribution in [3.8, 4) is 0 Å². The number of amides is 2. The van der Waals surface area contributed by atoms with Gasteiger partial charge in [0.05, 0.1) is 6.54 Å². The third-order valence-corrected chi connectivity index (χ3v) is 3.20. The monoisotopic (exact) mass is 242 g/mol. The summed E-state index contributed by atoms with van der Waals surface area (Å²) < 4.78 is 0. The summed E-state index contributed by atoms with van der Waals surface area (Å²) in [6.45, 7) is 9.49. The summed E-state index contributed by atoms with van der Waals surface area (Å²) in [6, 6.07) is 0. The lowest BCUT2D eigenvalue weighted by Crippen LogP contribution is -2.42. The summed E-state index contributed by atoms with van der Waals surface area (Å²) in [5.41, 5.74) is 0. The van der Waals surface area contributed by atoms with Crippen LogP contribution < -0.4 is 0 Å². The molecule has 0 aliphatic heterocycles. The molecule has 0 rings (SSSR count). The Hall–Kier alpha value is -1.06. The van der Waals surface area contributed by atoms with E-state index in [1.807, 2.05) is 27.7 Å². The maximum atomic E-state index is 12.0. The zero-order valence-corrected chi connectivity index (χ0v) is 11.8. The van der Waals surface area contributed by atoms with Gasteiger partial charge in [0.1, 0.15) is 0 Å². The number of nitrogens with zero attached hydrogens (tertiary/aromatic N) is 2. The fraction of sp³-hybridized carbons (Fsp3) is 0.846. The molecule has 0 aromatic heterocycles. The van der Waals surface area contributed by atoms with Crippen LogP contribution in [0.15, 0.2) is 0 Å². The van der Waals surface area contributed by atoms with Crippen LogP contribution in [0.25, 0.3) is 0 Å². The predicted octanol–water partition coefficient (Wildman–Crippen LogP) is 1.75. The Bertz CT molecular complexity index is 246. The normalized spacial score (nSPS) is 10.5. The van der Waals surface area contributed by atoms with Gasteiger partial charge in [0.25, 0.3) is 0 Å². The van der Waals surface area contributed by atoms with Crippen LogP contribution in [0.1, 0.15) is 40.5 Å². The van der Waals surface area contributed by atoms with Gasteiger partial charge in [0.15, 0.2) is 0 Å². The molecule has 0 atom stereocenters. The van der Waals surface area contributed by atoms with Gasteiger partial charge in [-0.1, -0.05) is 13.8 Å². The summed E-state index contributed by atoms with van der Waals surface area (Å²) in [4.78, 5) is 27.1. The van der Waals surface area contributed by atoms with Crippen LogP contribution in [0, 0.1) is 5.92 Å². The van der Waals surface area contributed by atoms with Gasteiger partial charge in [-0.25, -0.2) is 0 Å². The first kappa shape index (κ1) is 15.9. The number of carbonyl (C=O) groups excluding carboxylic acids is 2. The van der Waals surface area contributed by atoms with Gasteiger partial charge in [-0.2, -0.15) is 0 Å². The fourth-order valence-electron chi connectivity index (χ4n) is 1.91. The molecule has 2 amide bonds. The Morgan fingerprint density at radius 1 is 1.00 bits per heavy atom. The standard InChI is InChI=1S/C13H26N2O2/c1-6-11(7-2)13(17)14(5)10-12(16)15(8-3)9-4/h11H,6-10H2,1-5H3. The lowest BCUT2D eigenvalue weighted by Gasteiger charge is -2.25. The van der Waals surface area contributed by atoms with Gasteiger partial charge in [-0.05, 0) is 26.7 Å². The average Bonchev–Trinajstić information content (AvgIpc) is 2.31. The lowest BCUT2D eigenvalue weighted by molar-refractivity contribution is -0.141. The van der Waals surface area contributed by atoms with Gasteiger partial charge in [-0.3, -0.25) is 9.59 Å². The quantitative estimate of drug-likeness (QED) is 0.682. The molecule has 4 nitrogen and oxygen atoms in total. The third-order valence-electron chi connectivity index (χ3n) is 3.20. The van der Waals surface area contributed by atoms with Crippen molar-refractivity contribution in [3.63, 3.8) is 0 Å². The molecule has 0 spiro atoms. The largest absolute Gasteiger partial charge is 0.342 e. The average molecular weight is 242 g/mol. The molecular weight excluding hydrogens is 216 g/mol. The molecule has 0 saturated carbocycles. The van der Waals surface area contributed by atoms with Gasteiger partial charge in [0.2, 0.25) is 11.8 Å². The second-order valence-corrected chi connectivity index (χ2v) is 4.27. The molecule has 0 aliphatic rings. The van der Waals surface area contributed by atoms with E-state index in [4.69, 9.17) is 0 Å². The van der Waals surface area contributed by atoms with Crippen molar-refractivity contribution < 1.29 is 9.59 Å². The molecule has 0 aromatic carbocycles. The molecule has 0 radical (unpaired) electrons. The summed E-state index contributed by atoms with van der Waals surface area (Å²) in [6.07, 6.45) is 1.66. The van der Waals surface area contributed by atoms with Crippen molar-refractivity contribution in [2.45, 2.75) is 40.5 Å². The maximum Gasteiger partial charge on any atom is 0.242 e. The first-order valence-corrected chi connectivity index (χ1v) is 6.54. The maximum absolute atomic E-state index is 12.0. The first-order chi connectivity index (χ1) is 8.01. The van der Waals surface area contributed by atoms with Crippen LogP contribution in [0.2, 0.25) is 0 Å². The van der Waals surface area contributed by atoms with Crippen LogP contribution >= 0.6 is 0 Å². The van der Waals surface area contributed by atoms with Crippen LogP contribution in [-0.2, 0) is 9.59 Å². The Kier molecular flexibility index (Phi) is 7.59. The van der Waals surface area contributed by atoms with E-state index in [-0.39, 0.29) is 24.3 Å². The topological polar surface area (TPSA) is 40.6 Å². The molecule has 0 N–H and O–H groups in total. The lowest BCUT2D eigenvalue weighted by atomic mass is 10.0. The second-order valence-electron chi connectivity index (χ2n) is 4.27. The highest BCUT2D eigenvalue weighted by molar-refractivity contribution is 5.85. The van der Waals surface area contributed by atoms with Crippen molar-refractivity contribution in [2.24, 2.45) is 5.92 Å². The molecule has 0 saturated heterocycles. The van der Waals surface area contributed by atoms with E-state index in [1.165, 1.54) is 0 Å². The number of rotatable bonds is 7. The van der Waals surface area contributed by atoms with Crippen LogP contribution in [0.4, 0.5) is 0 Å². The van der Waals surface area contributed by atoms with Crippen LogP contribution in [0.5, 0.6) is 0 Å². The number of likely N-dealkylation sites (N-methyl/N-ethyl adjacent to an activating group) is 2. The molecule has 0 unspecified atom stereocenters. The van der Waals surface area contributed by atoms with E-state index in [2.05, 4.69) is 0 Å². The van der Waals surface area contributed by atoms with Gasteiger partial charge in [-0.15, -0.1) is 0 Å². The number of hydrogen-bond donors (Lipinski definition) is 0. The van der Waals surface area contributed by atoms with E-state index in [0.29, 0.717) is 13.1 Å². The van der Waals surface area contributed by atoms with Crippen molar-refractivity contribution in [3.05, 3.63) is 0 Å². The Morgan fingerprint density at radius 2 is 1.47 bits per heavy atom. The first-order valence-electron chi connectivity index (χ1n) is 6.54. The smallest absolute Gasteiger partial charge is 0.242 e. The Balaban J connectivity index is 4.38. The van der Waals surface area contributed by atoms with Gasteiger partial charge >= 0.3 is 0 Å². The highest BCUT2D eigenvalue weighted by atomic mass is 16.2. The van der Waals surface area contributed by atoms with Crippen LogP contribution in [0.3, 0.4) is 0 Å². The fourth-order valence-corrected chi connectivity index (χ4v) is 1.91. The van der Waals surface area contributed by atoms with Crippen molar-refractivity contribution >= 4 is 11.8 Å². The molecule has 17 heavy (non-hydrogen) atoms. The molecule has 0 aliphatic carbocycles. The SMILES string of the molecule is CCC(CC)C(=O)N(C)CC(=O)N(CC)CC. The van der Waals surface area contributed by atoms with Crippen molar-refractivity contribution in [1.29, 1.82) is 0 Å². The number of hydrogen-bond acceptors (Lipinski definition) is 2. The minimum absolute atomic E-state index is 0.0248. The summed E-state index contributed by atoms with van der Waals surface area (Å²) in [5, 5.41) is 0. The molecular formula is C13H26N2O2. The summed E-state index contributed by atoms with van der Waals surface area (Å²) >= 11 is 0. The van der Waals surface area contributed by atoms with E-state index in [1.54, 1.807) is 16.8 Å². The second kappa shape index (κ2) is 8.09. The van der Waals surface area contributed by atoms with Gasteiger partial charge < -0.3 is 9.80 Å². The minimum atomic E-state index is 0.0248. The Morgan fingerprint density at radius 3 is 1.82 bits per heavy atom. The highest BCUT2D eigenvalue weighted by Gasteiger charge is 2.21. The third kappa shape index (κ3) is 4.75. The van der Waals surface area contributed by atoms with E-state index in [0.717, 1.165) is 12.8 Å². The molecule has 0 aromatic rings. The summed E-state index contributed by atoms with van der Waals surface area (Å²) in [7, 11) is 1.71. The molecule has 4 heteroatoms. The highest BCUT2D eigenvalue weighted by Crippen LogP contribution is 2.10. The zero-order chi connectivity index (χ0) is 13.4. The molecule has 0 heterocycles. The van der Waals surface area contributed by atoms with E-state index < -0.39 is 0 Å². The molecule has 0 bridgehead atoms. The predicted molar refractivity (Wildman–Crippen MR) is 69.6 cm³/mol. The zero-order valence-electron chi connectivity index (χ0n) is 11.8. The van der Waals surface area contributed by atoms with Crippen molar-refractivity contribution in [2.75, 3.05) is 26.7 Å². The number of carbonyl (C=O) groups is 2. The molecule has 100 valence electrons. The van der Waals surface area contributed by atoms with Crippen molar-refractivity contribution in [1.82, 2.24) is 9.80 Å². The molecule has 0 fully saturated rings. The van der Waals surface area contributed by atoms with E-state index in [9.17, 15) is 9.59 Å². The Labute approximate surface area is 105 Å². The summed E-state index contributed by atoms with van der Waals surface area (Å²) in [5.74, 6) is 0.150. The van der Waals surface area contributed by atoms with E-state index >= 15 is 0 Å². The van der Waals surface area contributed by atoms with Crippen LogP contribution in [-0.4, -0.2) is 48.3 Å². The van der Waals surface area contributed by atoms with Gasteiger partial charge in [0, 0.05) is 26.1 Å². The minimum Gasteiger partial charge on any atom is -0.342 e.